The van der Waals surface area contributed by atoms with Crippen molar-refractivity contribution in [1.29, 1.82) is 0 Å². The van der Waals surface area contributed by atoms with Gasteiger partial charge in [-0.15, -0.1) is 0 Å². The van der Waals surface area contributed by atoms with E-state index in [1.54, 1.807) is 38.5 Å². The van der Waals surface area contributed by atoms with Gasteiger partial charge in [-0.3, -0.25) is 14.3 Å². The lowest BCUT2D eigenvalue weighted by molar-refractivity contribution is -0.137. The molecule has 0 saturated heterocycles. The van der Waals surface area contributed by atoms with E-state index in [4.69, 9.17) is 4.74 Å². The van der Waals surface area contributed by atoms with E-state index in [0.717, 1.165) is 17.6 Å². The minimum atomic E-state index is -4.44. The van der Waals surface area contributed by atoms with E-state index < -0.39 is 11.7 Å². The molecule has 11 heteroatoms. The predicted molar refractivity (Wildman–Crippen MR) is 126 cm³/mol. The van der Waals surface area contributed by atoms with Gasteiger partial charge in [-0.05, 0) is 44.2 Å². The van der Waals surface area contributed by atoms with E-state index in [1.165, 1.54) is 22.8 Å². The lowest BCUT2D eigenvalue weighted by Gasteiger charge is -2.10. The molecule has 5 rings (SSSR count). The Hall–Kier alpha value is -4.54. The van der Waals surface area contributed by atoms with Crippen LogP contribution in [0, 0.1) is 13.8 Å². The van der Waals surface area contributed by atoms with E-state index in [1.807, 2.05) is 17.7 Å². The van der Waals surface area contributed by atoms with Crippen LogP contribution in [0.2, 0.25) is 0 Å². The average Bonchev–Trinajstić information content (AvgIpc) is 3.21. The molecule has 0 N–H and O–H groups in total. The maximum atomic E-state index is 12.9. The van der Waals surface area contributed by atoms with E-state index in [0.29, 0.717) is 34.1 Å². The molecule has 0 amide bonds. The van der Waals surface area contributed by atoms with Gasteiger partial charge in [0.1, 0.15) is 11.6 Å². The number of nitrogens with zero attached hydrogens (tertiary/aromatic N) is 6. The smallest absolute Gasteiger partial charge is 0.416 e. The third-order valence-corrected chi connectivity index (χ3v) is 5.64. The summed E-state index contributed by atoms with van der Waals surface area (Å²) in [5, 5.41) is 0. The molecule has 36 heavy (non-hydrogen) atoms. The van der Waals surface area contributed by atoms with Crippen molar-refractivity contribution >= 4 is 11.0 Å². The van der Waals surface area contributed by atoms with E-state index in [9.17, 15) is 18.0 Å². The third-order valence-electron chi connectivity index (χ3n) is 5.64. The van der Waals surface area contributed by atoms with Crippen molar-refractivity contribution < 1.29 is 17.9 Å². The molecule has 8 nitrogen and oxygen atoms in total. The number of alkyl halides is 3. The van der Waals surface area contributed by atoms with Crippen LogP contribution in [-0.4, -0.2) is 29.1 Å². The number of ether oxygens (including phenoxy) is 1. The standard InChI is InChI=1S/C25H19F3N6O2/c1-14-24(30-11-10-29-14)34-13-18(23-20(34)8-9-22(35)33(23)3)19-12-21(32-15(2)31-19)36-17-6-4-16(5-7-17)25(26,27)28/h4-13H,1-3H3. The number of aryl methyl sites for hydroxylation is 3. The Morgan fingerprint density at radius 1 is 0.944 bits per heavy atom. The van der Waals surface area contributed by atoms with Gasteiger partial charge in [-0.2, -0.15) is 18.2 Å². The van der Waals surface area contributed by atoms with Crippen LogP contribution in [0.1, 0.15) is 17.1 Å². The highest BCUT2D eigenvalue weighted by Crippen LogP contribution is 2.34. The molecule has 0 bridgehead atoms. The monoisotopic (exact) mass is 492 g/mol. The van der Waals surface area contributed by atoms with Crippen LogP contribution < -0.4 is 10.3 Å². The van der Waals surface area contributed by atoms with Crippen molar-refractivity contribution in [2.75, 3.05) is 0 Å². The highest BCUT2D eigenvalue weighted by atomic mass is 19.4. The molecule has 4 heterocycles. The van der Waals surface area contributed by atoms with E-state index in [2.05, 4.69) is 19.9 Å². The number of benzene rings is 1. The van der Waals surface area contributed by atoms with E-state index in [-0.39, 0.29) is 17.2 Å². The number of rotatable bonds is 4. The van der Waals surface area contributed by atoms with E-state index >= 15 is 0 Å². The first-order chi connectivity index (χ1) is 17.1. The Balaban J connectivity index is 1.63. The molecule has 0 saturated carbocycles. The molecule has 0 fully saturated rings. The topological polar surface area (TPSA) is 87.7 Å². The van der Waals surface area contributed by atoms with Gasteiger partial charge in [0.05, 0.1) is 28.0 Å². The Bertz CT molecular complexity index is 1660. The summed E-state index contributed by atoms with van der Waals surface area (Å²) in [4.78, 5) is 30.1. The summed E-state index contributed by atoms with van der Waals surface area (Å²) in [5.41, 5.74) is 2.14. The van der Waals surface area contributed by atoms with Gasteiger partial charge in [0.15, 0.2) is 5.82 Å². The summed E-state index contributed by atoms with van der Waals surface area (Å²) >= 11 is 0. The molecule has 5 aromatic rings. The minimum absolute atomic E-state index is 0.148. The molecule has 0 unspecified atom stereocenters. The first-order valence-corrected chi connectivity index (χ1v) is 10.8. The second-order valence-corrected chi connectivity index (χ2v) is 8.11. The summed E-state index contributed by atoms with van der Waals surface area (Å²) in [6, 6.07) is 9.10. The maximum Gasteiger partial charge on any atom is 0.416 e. The number of aromatic nitrogens is 6. The Morgan fingerprint density at radius 3 is 2.36 bits per heavy atom. The average molecular weight is 492 g/mol. The summed E-state index contributed by atoms with van der Waals surface area (Å²) in [6.45, 7) is 3.51. The molecule has 0 atom stereocenters. The number of pyridine rings is 1. The number of hydrogen-bond acceptors (Lipinski definition) is 6. The van der Waals surface area contributed by atoms with Crippen LogP contribution in [0.25, 0.3) is 28.1 Å². The predicted octanol–water partition coefficient (Wildman–Crippen LogP) is 5.00. The molecule has 182 valence electrons. The van der Waals surface area contributed by atoms with Gasteiger partial charge < -0.3 is 9.30 Å². The highest BCUT2D eigenvalue weighted by molar-refractivity contribution is 5.93. The molecule has 0 aliphatic rings. The van der Waals surface area contributed by atoms with Crippen LogP contribution in [0.5, 0.6) is 11.6 Å². The normalized spacial score (nSPS) is 11.7. The van der Waals surface area contributed by atoms with Crippen LogP contribution in [-0.2, 0) is 13.2 Å². The molecular weight excluding hydrogens is 473 g/mol. The third kappa shape index (κ3) is 4.19. The Morgan fingerprint density at radius 2 is 1.67 bits per heavy atom. The number of halogens is 3. The Kier molecular flexibility index (Phi) is 5.54. The largest absolute Gasteiger partial charge is 0.439 e. The minimum Gasteiger partial charge on any atom is -0.439 e. The molecule has 4 aromatic heterocycles. The van der Waals surface area contributed by atoms with Gasteiger partial charge in [0.2, 0.25) is 5.88 Å². The summed E-state index contributed by atoms with van der Waals surface area (Å²) < 4.78 is 47.7. The summed E-state index contributed by atoms with van der Waals surface area (Å²) in [6.07, 6.45) is 0.550. The lowest BCUT2D eigenvalue weighted by atomic mass is 10.2. The second-order valence-electron chi connectivity index (χ2n) is 8.11. The van der Waals surface area contributed by atoms with Gasteiger partial charge in [0.25, 0.3) is 5.56 Å². The van der Waals surface area contributed by atoms with Gasteiger partial charge in [0, 0.05) is 43.3 Å². The number of hydrogen-bond donors (Lipinski definition) is 0. The molecule has 0 aliphatic heterocycles. The first kappa shape index (κ1) is 23.2. The zero-order valence-corrected chi connectivity index (χ0v) is 19.4. The molecule has 0 aliphatic carbocycles. The summed E-state index contributed by atoms with van der Waals surface area (Å²) in [5.74, 6) is 1.32. The van der Waals surface area contributed by atoms with Crippen LogP contribution in [0.3, 0.4) is 0 Å². The second kappa shape index (κ2) is 8.59. The van der Waals surface area contributed by atoms with Crippen molar-refractivity contribution in [3.8, 4) is 28.7 Å². The van der Waals surface area contributed by atoms with Gasteiger partial charge >= 0.3 is 6.18 Å². The van der Waals surface area contributed by atoms with Crippen molar-refractivity contribution in [1.82, 2.24) is 29.1 Å². The molecule has 0 spiro atoms. The van der Waals surface area contributed by atoms with Gasteiger partial charge in [-0.25, -0.2) is 9.97 Å². The van der Waals surface area contributed by atoms with Crippen molar-refractivity contribution in [2.45, 2.75) is 20.0 Å². The maximum absolute atomic E-state index is 12.9. The van der Waals surface area contributed by atoms with Crippen molar-refractivity contribution in [3.05, 3.63) is 88.5 Å². The lowest BCUT2D eigenvalue weighted by Crippen LogP contribution is -2.15. The Labute approximate surface area is 202 Å². The fourth-order valence-corrected chi connectivity index (χ4v) is 3.96. The quantitative estimate of drug-likeness (QED) is 0.351. The molecule has 0 radical (unpaired) electrons. The highest BCUT2D eigenvalue weighted by Gasteiger charge is 2.30. The molecular formula is C25H19F3N6O2. The fourth-order valence-electron chi connectivity index (χ4n) is 3.96. The first-order valence-electron chi connectivity index (χ1n) is 10.8. The fraction of sp³-hybridized carbons (Fsp3) is 0.160. The zero-order chi connectivity index (χ0) is 25.6. The van der Waals surface area contributed by atoms with Crippen LogP contribution in [0.4, 0.5) is 13.2 Å². The van der Waals surface area contributed by atoms with Crippen LogP contribution in [0.15, 0.2) is 65.8 Å². The number of fused-ring (bicyclic) bond motifs is 1. The van der Waals surface area contributed by atoms with Crippen LogP contribution >= 0.6 is 0 Å². The summed E-state index contributed by atoms with van der Waals surface area (Å²) in [7, 11) is 1.66. The van der Waals surface area contributed by atoms with Crippen molar-refractivity contribution in [3.63, 3.8) is 0 Å². The zero-order valence-electron chi connectivity index (χ0n) is 19.4. The van der Waals surface area contributed by atoms with Gasteiger partial charge in [-0.1, -0.05) is 0 Å². The molecule has 1 aromatic carbocycles. The SMILES string of the molecule is Cc1nc(Oc2ccc(C(F)(F)F)cc2)cc(-c2cn(-c3nccnc3C)c3ccc(=O)n(C)c23)n1. The van der Waals surface area contributed by atoms with Crippen molar-refractivity contribution in [2.24, 2.45) is 7.05 Å².